The summed E-state index contributed by atoms with van der Waals surface area (Å²) in [5, 5.41) is 3.09. The Labute approximate surface area is 129 Å². The zero-order valence-electron chi connectivity index (χ0n) is 12.6. The second kappa shape index (κ2) is 6.04. The molecule has 22 heavy (non-hydrogen) atoms. The van der Waals surface area contributed by atoms with Gasteiger partial charge in [-0.25, -0.2) is 4.39 Å². The molecule has 1 aromatic carbocycles. The molecule has 2 heterocycles. The van der Waals surface area contributed by atoms with E-state index in [1.165, 1.54) is 6.07 Å². The van der Waals surface area contributed by atoms with Crippen molar-refractivity contribution < 1.29 is 14.0 Å². The molecule has 0 aliphatic carbocycles. The van der Waals surface area contributed by atoms with E-state index >= 15 is 0 Å². The van der Waals surface area contributed by atoms with Crippen LogP contribution in [0.2, 0.25) is 0 Å². The zero-order valence-corrected chi connectivity index (χ0v) is 12.6. The molecule has 6 heteroatoms. The van der Waals surface area contributed by atoms with Gasteiger partial charge in [0, 0.05) is 44.8 Å². The lowest BCUT2D eigenvalue weighted by Crippen LogP contribution is -2.57. The van der Waals surface area contributed by atoms with Crippen LogP contribution in [0.4, 0.5) is 4.39 Å². The number of hydrogen-bond donors (Lipinski definition) is 1. The molecule has 2 aliphatic rings. The number of rotatable bonds is 2. The Hall–Kier alpha value is -1.95. The third kappa shape index (κ3) is 2.83. The Balaban J connectivity index is 1.59. The lowest BCUT2D eigenvalue weighted by Gasteiger charge is -2.38. The molecule has 3 rings (SSSR count). The molecule has 1 N–H and O–H groups in total. The minimum Gasteiger partial charge on any atom is -0.339 e. The fourth-order valence-corrected chi connectivity index (χ4v) is 2.76. The summed E-state index contributed by atoms with van der Waals surface area (Å²) in [5.74, 6) is -0.269. The SMILES string of the molecule is Cc1ccc(C(=O)N2CCN(C(=O)C3CNC3)CC2)cc1F. The highest BCUT2D eigenvalue weighted by Gasteiger charge is 2.32. The van der Waals surface area contributed by atoms with Crippen molar-refractivity contribution >= 4 is 11.8 Å². The minimum absolute atomic E-state index is 0.0912. The molecule has 118 valence electrons. The van der Waals surface area contributed by atoms with Crippen molar-refractivity contribution in [3.8, 4) is 0 Å². The maximum atomic E-state index is 13.6. The fourth-order valence-electron chi connectivity index (χ4n) is 2.76. The highest BCUT2D eigenvalue weighted by Crippen LogP contribution is 2.15. The molecular weight excluding hydrogens is 285 g/mol. The molecule has 0 aromatic heterocycles. The van der Waals surface area contributed by atoms with Gasteiger partial charge in [0.05, 0.1) is 5.92 Å². The van der Waals surface area contributed by atoms with Gasteiger partial charge in [0.2, 0.25) is 5.91 Å². The van der Waals surface area contributed by atoms with Crippen molar-refractivity contribution in [3.05, 3.63) is 35.1 Å². The second-order valence-corrected chi connectivity index (χ2v) is 5.94. The van der Waals surface area contributed by atoms with Crippen molar-refractivity contribution in [2.75, 3.05) is 39.3 Å². The second-order valence-electron chi connectivity index (χ2n) is 5.94. The number of carbonyl (C=O) groups excluding carboxylic acids is 2. The Kier molecular flexibility index (Phi) is 4.11. The van der Waals surface area contributed by atoms with E-state index in [-0.39, 0.29) is 23.5 Å². The Bertz CT molecular complexity index is 593. The smallest absolute Gasteiger partial charge is 0.254 e. The summed E-state index contributed by atoms with van der Waals surface area (Å²) in [6.45, 7) is 5.27. The van der Waals surface area contributed by atoms with Crippen LogP contribution in [-0.2, 0) is 4.79 Å². The van der Waals surface area contributed by atoms with Gasteiger partial charge in [0.25, 0.3) is 5.91 Å². The van der Waals surface area contributed by atoms with Crippen molar-refractivity contribution in [3.63, 3.8) is 0 Å². The van der Waals surface area contributed by atoms with E-state index in [2.05, 4.69) is 5.32 Å². The normalized spacial score (nSPS) is 19.0. The van der Waals surface area contributed by atoms with Crippen LogP contribution in [0.5, 0.6) is 0 Å². The largest absolute Gasteiger partial charge is 0.339 e. The first-order chi connectivity index (χ1) is 10.6. The van der Waals surface area contributed by atoms with Crippen LogP contribution in [0.15, 0.2) is 18.2 Å². The van der Waals surface area contributed by atoms with E-state index in [0.717, 1.165) is 13.1 Å². The number of carbonyl (C=O) groups is 2. The molecule has 2 fully saturated rings. The highest BCUT2D eigenvalue weighted by molar-refractivity contribution is 5.94. The van der Waals surface area contributed by atoms with E-state index in [1.54, 1.807) is 24.0 Å². The standard InChI is InChI=1S/C16H20FN3O2/c1-11-2-3-12(8-14(11)17)15(21)19-4-6-20(7-5-19)16(22)13-9-18-10-13/h2-3,8,13,18H,4-7,9-10H2,1H3. The van der Waals surface area contributed by atoms with Gasteiger partial charge in [-0.05, 0) is 24.6 Å². The molecule has 2 amide bonds. The lowest BCUT2D eigenvalue weighted by molar-refractivity contribution is -0.138. The van der Waals surface area contributed by atoms with Gasteiger partial charge >= 0.3 is 0 Å². The molecule has 0 bridgehead atoms. The number of benzene rings is 1. The first-order valence-corrected chi connectivity index (χ1v) is 7.61. The van der Waals surface area contributed by atoms with Crippen LogP contribution < -0.4 is 5.32 Å². The predicted octanol–water partition coefficient (Wildman–Crippen LogP) is 0.638. The molecule has 0 radical (unpaired) electrons. The third-order valence-electron chi connectivity index (χ3n) is 4.43. The summed E-state index contributed by atoms with van der Waals surface area (Å²) in [4.78, 5) is 28.0. The van der Waals surface area contributed by atoms with E-state index in [9.17, 15) is 14.0 Å². The summed E-state index contributed by atoms with van der Waals surface area (Å²) in [5.41, 5.74) is 0.896. The number of nitrogens with zero attached hydrogens (tertiary/aromatic N) is 2. The van der Waals surface area contributed by atoms with Crippen molar-refractivity contribution in [1.82, 2.24) is 15.1 Å². The highest BCUT2D eigenvalue weighted by atomic mass is 19.1. The van der Waals surface area contributed by atoms with E-state index in [0.29, 0.717) is 37.3 Å². The van der Waals surface area contributed by atoms with Crippen LogP contribution in [0.1, 0.15) is 15.9 Å². The Morgan fingerprint density at radius 2 is 1.77 bits per heavy atom. The summed E-state index contributed by atoms with van der Waals surface area (Å²) in [6, 6.07) is 4.56. The van der Waals surface area contributed by atoms with Crippen molar-refractivity contribution in [1.29, 1.82) is 0 Å². The summed E-state index contributed by atoms with van der Waals surface area (Å²) in [7, 11) is 0. The van der Waals surface area contributed by atoms with E-state index < -0.39 is 0 Å². The van der Waals surface area contributed by atoms with Gasteiger partial charge in [0.15, 0.2) is 0 Å². The molecule has 5 nitrogen and oxygen atoms in total. The van der Waals surface area contributed by atoms with Crippen LogP contribution in [0.3, 0.4) is 0 Å². The van der Waals surface area contributed by atoms with Gasteiger partial charge in [-0.2, -0.15) is 0 Å². The van der Waals surface area contributed by atoms with Gasteiger partial charge in [-0.3, -0.25) is 9.59 Å². The number of nitrogens with one attached hydrogen (secondary N) is 1. The van der Waals surface area contributed by atoms with Crippen molar-refractivity contribution in [2.45, 2.75) is 6.92 Å². The summed E-state index contributed by atoms with van der Waals surface area (Å²) in [6.07, 6.45) is 0. The number of halogens is 1. The molecule has 0 atom stereocenters. The number of amides is 2. The molecule has 0 saturated carbocycles. The molecular formula is C16H20FN3O2. The first-order valence-electron chi connectivity index (χ1n) is 7.61. The van der Waals surface area contributed by atoms with Crippen LogP contribution in [0, 0.1) is 18.7 Å². The van der Waals surface area contributed by atoms with Gasteiger partial charge < -0.3 is 15.1 Å². The lowest BCUT2D eigenvalue weighted by atomic mass is 10.0. The van der Waals surface area contributed by atoms with Crippen molar-refractivity contribution in [2.24, 2.45) is 5.92 Å². The monoisotopic (exact) mass is 305 g/mol. The molecule has 0 unspecified atom stereocenters. The minimum atomic E-state index is -0.364. The zero-order chi connectivity index (χ0) is 15.7. The first kappa shape index (κ1) is 15.0. The average Bonchev–Trinajstić information content (AvgIpc) is 2.48. The quantitative estimate of drug-likeness (QED) is 0.872. The molecule has 2 saturated heterocycles. The predicted molar refractivity (Wildman–Crippen MR) is 80.0 cm³/mol. The number of hydrogen-bond acceptors (Lipinski definition) is 3. The fraction of sp³-hybridized carbons (Fsp3) is 0.500. The maximum Gasteiger partial charge on any atom is 0.254 e. The molecule has 2 aliphatic heterocycles. The summed E-state index contributed by atoms with van der Waals surface area (Å²) < 4.78 is 13.6. The van der Waals surface area contributed by atoms with Gasteiger partial charge in [-0.15, -0.1) is 0 Å². The van der Waals surface area contributed by atoms with Gasteiger partial charge in [-0.1, -0.05) is 6.07 Å². The topological polar surface area (TPSA) is 52.7 Å². The Morgan fingerprint density at radius 1 is 1.14 bits per heavy atom. The molecule has 0 spiro atoms. The maximum absolute atomic E-state index is 13.6. The Morgan fingerprint density at radius 3 is 2.32 bits per heavy atom. The van der Waals surface area contributed by atoms with Gasteiger partial charge in [0.1, 0.15) is 5.82 Å². The number of aryl methyl sites for hydroxylation is 1. The number of piperazine rings is 1. The average molecular weight is 305 g/mol. The van der Waals surface area contributed by atoms with E-state index in [1.807, 2.05) is 4.90 Å². The molecule has 1 aromatic rings. The summed E-state index contributed by atoms with van der Waals surface area (Å²) >= 11 is 0. The van der Waals surface area contributed by atoms with Crippen LogP contribution in [-0.4, -0.2) is 60.9 Å². The van der Waals surface area contributed by atoms with E-state index in [4.69, 9.17) is 0 Å². The van der Waals surface area contributed by atoms with Crippen LogP contribution >= 0.6 is 0 Å². The third-order valence-corrected chi connectivity index (χ3v) is 4.43. The van der Waals surface area contributed by atoms with Crippen LogP contribution in [0.25, 0.3) is 0 Å².